The Kier molecular flexibility index (Phi) is 7.66. The fourth-order valence-corrected chi connectivity index (χ4v) is 9.69. The van der Waals surface area contributed by atoms with Gasteiger partial charge in [0.2, 0.25) is 0 Å². The number of ether oxygens (including phenoxy) is 3. The zero-order valence-corrected chi connectivity index (χ0v) is 25.5. The number of hydrogen-bond donors (Lipinski definition) is 1. The van der Waals surface area contributed by atoms with Crippen LogP contribution in [0.2, 0.25) is 0 Å². The van der Waals surface area contributed by atoms with Crippen LogP contribution in [0.25, 0.3) is 0 Å². The van der Waals surface area contributed by atoms with Gasteiger partial charge in [0, 0.05) is 24.6 Å². The van der Waals surface area contributed by atoms with Crippen LogP contribution in [0.1, 0.15) is 85.2 Å². The van der Waals surface area contributed by atoms with Crippen molar-refractivity contribution < 1.29 is 31.8 Å². The Morgan fingerprint density at radius 1 is 1.02 bits per heavy atom. The minimum Gasteiger partial charge on any atom is -0.497 e. The Labute approximate surface area is 253 Å². The van der Waals surface area contributed by atoms with Crippen molar-refractivity contribution in [2.75, 3.05) is 26.8 Å². The monoisotopic (exact) mass is 612 g/mol. The average Bonchev–Trinajstić information content (AvgIpc) is 3.70. The highest BCUT2D eigenvalue weighted by molar-refractivity contribution is 7.87. The molecule has 0 aromatic heterocycles. The highest BCUT2D eigenvalue weighted by atomic mass is 32.2. The summed E-state index contributed by atoms with van der Waals surface area (Å²) in [5.41, 5.74) is 1.67. The van der Waals surface area contributed by atoms with Crippen LogP contribution in [-0.2, 0) is 21.6 Å². The number of hydrogen-bond acceptors (Lipinski definition) is 6. The minimum absolute atomic E-state index is 0.117. The number of nitrogens with zero attached hydrogens (tertiary/aromatic N) is 1. The van der Waals surface area contributed by atoms with Gasteiger partial charge in [0.15, 0.2) is 0 Å². The minimum atomic E-state index is -4.17. The quantitative estimate of drug-likeness (QED) is 0.357. The van der Waals surface area contributed by atoms with Gasteiger partial charge in [0.25, 0.3) is 5.91 Å². The highest BCUT2D eigenvalue weighted by Gasteiger charge is 2.51. The third-order valence-electron chi connectivity index (χ3n) is 10.4. The second-order valence-corrected chi connectivity index (χ2v) is 15.4. The molecule has 8 rings (SSSR count). The SMILES string of the molecule is COc1ccc(CO[C@H]2CCN(S(=O)(=O)NC(=O)c3cc(C4CC4)c(OCC45CC6CC(CC(C6)C4)C5)cc3F)C2)cc1. The Morgan fingerprint density at radius 2 is 1.70 bits per heavy atom. The molecule has 0 radical (unpaired) electrons. The summed E-state index contributed by atoms with van der Waals surface area (Å²) >= 11 is 0. The van der Waals surface area contributed by atoms with Gasteiger partial charge in [-0.05, 0) is 111 Å². The molecule has 0 spiro atoms. The molecule has 1 atom stereocenters. The smallest absolute Gasteiger partial charge is 0.304 e. The van der Waals surface area contributed by atoms with Crippen molar-refractivity contribution in [3.8, 4) is 11.5 Å². The van der Waals surface area contributed by atoms with Crippen molar-refractivity contribution in [3.63, 3.8) is 0 Å². The topological polar surface area (TPSA) is 94.2 Å². The van der Waals surface area contributed by atoms with Crippen LogP contribution in [0.3, 0.4) is 0 Å². The fourth-order valence-electron chi connectivity index (χ4n) is 8.51. The first kappa shape index (κ1) is 29.0. The summed E-state index contributed by atoms with van der Waals surface area (Å²) < 4.78 is 62.4. The average molecular weight is 613 g/mol. The molecule has 1 saturated heterocycles. The van der Waals surface area contributed by atoms with Crippen LogP contribution in [0.15, 0.2) is 36.4 Å². The normalized spacial score (nSPS) is 30.0. The Morgan fingerprint density at radius 3 is 2.33 bits per heavy atom. The molecule has 2 aromatic rings. The van der Waals surface area contributed by atoms with Gasteiger partial charge in [-0.3, -0.25) is 4.79 Å². The molecular weight excluding hydrogens is 571 g/mol. The molecule has 232 valence electrons. The van der Waals surface area contributed by atoms with Crippen LogP contribution in [-0.4, -0.2) is 51.5 Å². The molecule has 5 saturated carbocycles. The summed E-state index contributed by atoms with van der Waals surface area (Å²) in [6.07, 6.45) is 9.73. The van der Waals surface area contributed by atoms with Gasteiger partial charge >= 0.3 is 10.2 Å². The molecule has 6 fully saturated rings. The molecule has 2 aromatic carbocycles. The maximum absolute atomic E-state index is 15.4. The van der Waals surface area contributed by atoms with Gasteiger partial charge in [-0.15, -0.1) is 0 Å². The summed E-state index contributed by atoms with van der Waals surface area (Å²) in [6, 6.07) is 10.3. The summed E-state index contributed by atoms with van der Waals surface area (Å²) in [5.74, 6) is 2.13. The zero-order chi connectivity index (χ0) is 29.8. The first-order valence-electron chi connectivity index (χ1n) is 15.7. The van der Waals surface area contributed by atoms with Gasteiger partial charge in [0.1, 0.15) is 17.3 Å². The van der Waals surface area contributed by atoms with E-state index in [1.807, 2.05) is 24.3 Å². The molecule has 0 unspecified atom stereocenters. The lowest BCUT2D eigenvalue weighted by Crippen LogP contribution is -2.48. The molecule has 5 aliphatic carbocycles. The third-order valence-corrected chi connectivity index (χ3v) is 11.8. The van der Waals surface area contributed by atoms with Crippen molar-refractivity contribution in [3.05, 3.63) is 58.9 Å². The maximum atomic E-state index is 15.4. The van der Waals surface area contributed by atoms with Crippen molar-refractivity contribution in [1.82, 2.24) is 9.03 Å². The fraction of sp³-hybridized carbons (Fsp3) is 0.606. The van der Waals surface area contributed by atoms with Crippen molar-refractivity contribution in [2.24, 2.45) is 23.2 Å². The van der Waals surface area contributed by atoms with Gasteiger partial charge in [-0.2, -0.15) is 12.7 Å². The van der Waals surface area contributed by atoms with E-state index in [2.05, 4.69) is 4.72 Å². The van der Waals surface area contributed by atoms with Gasteiger partial charge in [-0.1, -0.05) is 12.1 Å². The van der Waals surface area contributed by atoms with E-state index in [1.165, 1.54) is 55.0 Å². The number of amides is 1. The van der Waals surface area contributed by atoms with E-state index >= 15 is 4.39 Å². The maximum Gasteiger partial charge on any atom is 0.304 e. The second kappa shape index (κ2) is 11.3. The molecular formula is C33H41FN2O6S. The molecule has 1 heterocycles. The Hall–Kier alpha value is -2.69. The molecule has 6 aliphatic rings. The van der Waals surface area contributed by atoms with Crippen molar-refractivity contribution >= 4 is 16.1 Å². The number of rotatable bonds is 11. The number of carbonyl (C=O) groups excluding carboxylic acids is 1. The molecule has 10 heteroatoms. The predicted molar refractivity (Wildman–Crippen MR) is 159 cm³/mol. The number of nitrogens with one attached hydrogen (secondary N) is 1. The summed E-state index contributed by atoms with van der Waals surface area (Å²) in [6.45, 7) is 1.25. The predicted octanol–water partition coefficient (Wildman–Crippen LogP) is 5.57. The van der Waals surface area contributed by atoms with Crippen LogP contribution >= 0.6 is 0 Å². The second-order valence-electron chi connectivity index (χ2n) is 13.7. The molecule has 1 N–H and O–H groups in total. The van der Waals surface area contributed by atoms with Crippen LogP contribution < -0.4 is 14.2 Å². The number of halogens is 1. The van der Waals surface area contributed by atoms with Crippen LogP contribution in [0.5, 0.6) is 11.5 Å². The standard InChI is InChI=1S/C33H41FN2O6S/c1-40-26-6-2-21(3-7-26)19-41-27-8-9-36(18-27)43(38,39)35-32(37)29-13-28(25-4-5-25)31(14-30(29)34)42-20-33-15-22-10-23(16-33)12-24(11-22)17-33/h2-3,6-7,13-14,22-25,27H,4-5,8-12,15-20H2,1H3,(H,35,37)/t22?,23?,24?,27-,33?/m0/s1. The third kappa shape index (κ3) is 6.15. The number of methoxy groups -OCH3 is 1. The van der Waals surface area contributed by atoms with E-state index in [9.17, 15) is 13.2 Å². The zero-order valence-electron chi connectivity index (χ0n) is 24.7. The highest BCUT2D eigenvalue weighted by Crippen LogP contribution is 2.60. The summed E-state index contributed by atoms with van der Waals surface area (Å²) in [4.78, 5) is 13.1. The van der Waals surface area contributed by atoms with Gasteiger partial charge in [0.05, 0.1) is 32.0 Å². The number of benzene rings is 2. The van der Waals surface area contributed by atoms with Crippen molar-refractivity contribution in [2.45, 2.75) is 76.4 Å². The first-order valence-corrected chi connectivity index (χ1v) is 17.2. The van der Waals surface area contributed by atoms with Gasteiger partial charge in [-0.25, -0.2) is 9.11 Å². The molecule has 43 heavy (non-hydrogen) atoms. The molecule has 8 nitrogen and oxygen atoms in total. The Balaban J connectivity index is 0.983. The Bertz CT molecular complexity index is 1440. The van der Waals surface area contributed by atoms with E-state index < -0.39 is 21.9 Å². The van der Waals surface area contributed by atoms with E-state index in [4.69, 9.17) is 14.2 Å². The van der Waals surface area contributed by atoms with Gasteiger partial charge < -0.3 is 14.2 Å². The molecule has 1 aliphatic heterocycles. The largest absolute Gasteiger partial charge is 0.497 e. The lowest BCUT2D eigenvalue weighted by Gasteiger charge is -2.56. The van der Waals surface area contributed by atoms with Crippen LogP contribution in [0, 0.1) is 29.0 Å². The molecule has 4 bridgehead atoms. The molecule has 1 amide bonds. The summed E-state index contributed by atoms with van der Waals surface area (Å²) in [7, 11) is -2.57. The van der Waals surface area contributed by atoms with Crippen LogP contribution in [0.4, 0.5) is 4.39 Å². The van der Waals surface area contributed by atoms with E-state index in [1.54, 1.807) is 7.11 Å². The van der Waals surface area contributed by atoms with Crippen molar-refractivity contribution in [1.29, 1.82) is 0 Å². The number of carbonyl (C=O) groups is 1. The summed E-state index contributed by atoms with van der Waals surface area (Å²) in [5, 5.41) is 0. The lowest BCUT2D eigenvalue weighted by atomic mass is 9.50. The van der Waals surface area contributed by atoms with E-state index in [-0.39, 0.29) is 36.1 Å². The van der Waals surface area contributed by atoms with E-state index in [0.29, 0.717) is 25.4 Å². The lowest BCUT2D eigenvalue weighted by molar-refractivity contribution is -0.0747. The van der Waals surface area contributed by atoms with E-state index in [0.717, 1.165) is 47.5 Å². The first-order chi connectivity index (χ1) is 20.7.